The van der Waals surface area contributed by atoms with E-state index in [-0.39, 0.29) is 10.6 Å². The Morgan fingerprint density at radius 3 is 3.05 bits per heavy atom. The molecule has 5 nitrogen and oxygen atoms in total. The van der Waals surface area contributed by atoms with Crippen LogP contribution in [0.5, 0.6) is 0 Å². The molecule has 0 amide bonds. The standard InChI is InChI=1S/C13H16ClN3O2/c14-10-1-2-12(13(7-10)17(18)19)16-6-4-11-9(8-16)3-5-15-11/h1-2,7,9,11,15H,3-6,8H2. The lowest BCUT2D eigenvalue weighted by Crippen LogP contribution is -2.44. The first-order chi connectivity index (χ1) is 9.15. The van der Waals surface area contributed by atoms with Crippen molar-refractivity contribution in [1.29, 1.82) is 0 Å². The van der Waals surface area contributed by atoms with Crippen LogP contribution in [-0.2, 0) is 0 Å². The number of hydrogen-bond acceptors (Lipinski definition) is 4. The van der Waals surface area contributed by atoms with Crippen LogP contribution in [0.4, 0.5) is 11.4 Å². The Hall–Kier alpha value is -1.33. The van der Waals surface area contributed by atoms with Gasteiger partial charge in [-0.15, -0.1) is 0 Å². The molecule has 0 bridgehead atoms. The molecule has 0 aromatic heterocycles. The number of halogens is 1. The minimum Gasteiger partial charge on any atom is -0.366 e. The van der Waals surface area contributed by atoms with E-state index in [0.29, 0.717) is 22.7 Å². The van der Waals surface area contributed by atoms with Gasteiger partial charge in [-0.25, -0.2) is 0 Å². The molecular formula is C13H16ClN3O2. The van der Waals surface area contributed by atoms with Crippen molar-refractivity contribution in [2.75, 3.05) is 24.5 Å². The number of piperidine rings is 1. The summed E-state index contributed by atoms with van der Waals surface area (Å²) in [5.41, 5.74) is 0.802. The number of rotatable bonds is 2. The van der Waals surface area contributed by atoms with Gasteiger partial charge in [-0.2, -0.15) is 0 Å². The number of nitro benzene ring substituents is 1. The van der Waals surface area contributed by atoms with Crippen molar-refractivity contribution in [2.45, 2.75) is 18.9 Å². The zero-order valence-corrected chi connectivity index (χ0v) is 11.3. The van der Waals surface area contributed by atoms with Gasteiger partial charge in [-0.3, -0.25) is 10.1 Å². The van der Waals surface area contributed by atoms with Gasteiger partial charge in [0.15, 0.2) is 0 Å². The summed E-state index contributed by atoms with van der Waals surface area (Å²) in [6.07, 6.45) is 2.20. The van der Waals surface area contributed by atoms with Gasteiger partial charge in [0.05, 0.1) is 4.92 Å². The van der Waals surface area contributed by atoms with Crippen molar-refractivity contribution in [1.82, 2.24) is 5.32 Å². The Morgan fingerprint density at radius 2 is 2.26 bits per heavy atom. The van der Waals surface area contributed by atoms with E-state index in [9.17, 15) is 10.1 Å². The Balaban J connectivity index is 1.87. The lowest BCUT2D eigenvalue weighted by atomic mass is 9.93. The van der Waals surface area contributed by atoms with Gasteiger partial charge < -0.3 is 10.2 Å². The first-order valence-corrected chi connectivity index (χ1v) is 6.95. The predicted molar refractivity (Wildman–Crippen MR) is 74.8 cm³/mol. The molecule has 0 saturated carbocycles. The lowest BCUT2D eigenvalue weighted by molar-refractivity contribution is -0.384. The summed E-state index contributed by atoms with van der Waals surface area (Å²) in [6.45, 7) is 2.81. The Kier molecular flexibility index (Phi) is 3.33. The lowest BCUT2D eigenvalue weighted by Gasteiger charge is -2.36. The van der Waals surface area contributed by atoms with E-state index in [2.05, 4.69) is 10.2 Å². The number of benzene rings is 1. The fraction of sp³-hybridized carbons (Fsp3) is 0.538. The summed E-state index contributed by atoms with van der Waals surface area (Å²) in [6, 6.07) is 5.52. The molecule has 102 valence electrons. The van der Waals surface area contributed by atoms with Crippen molar-refractivity contribution in [2.24, 2.45) is 5.92 Å². The average Bonchev–Trinajstić information content (AvgIpc) is 2.85. The molecule has 0 radical (unpaired) electrons. The topological polar surface area (TPSA) is 58.4 Å². The second kappa shape index (κ2) is 4.98. The molecule has 2 atom stereocenters. The molecule has 2 heterocycles. The van der Waals surface area contributed by atoms with Gasteiger partial charge in [-0.05, 0) is 37.4 Å². The molecule has 2 aliphatic rings. The molecule has 1 aromatic carbocycles. The van der Waals surface area contributed by atoms with Crippen LogP contribution in [0, 0.1) is 16.0 Å². The summed E-state index contributed by atoms with van der Waals surface area (Å²) in [5, 5.41) is 15.1. The van der Waals surface area contributed by atoms with Crippen LogP contribution in [-0.4, -0.2) is 30.6 Å². The fourth-order valence-corrected chi connectivity index (χ4v) is 3.34. The number of anilines is 1. The van der Waals surface area contributed by atoms with E-state index < -0.39 is 0 Å². The second-order valence-electron chi connectivity index (χ2n) is 5.23. The van der Waals surface area contributed by atoms with E-state index in [1.807, 2.05) is 0 Å². The quantitative estimate of drug-likeness (QED) is 0.668. The van der Waals surface area contributed by atoms with Crippen LogP contribution < -0.4 is 10.2 Å². The summed E-state index contributed by atoms with van der Waals surface area (Å²) in [7, 11) is 0. The van der Waals surface area contributed by atoms with E-state index >= 15 is 0 Å². The van der Waals surface area contributed by atoms with Gasteiger partial charge >= 0.3 is 0 Å². The van der Waals surface area contributed by atoms with Crippen LogP contribution in [0.2, 0.25) is 5.02 Å². The van der Waals surface area contributed by atoms with Gasteiger partial charge in [0.2, 0.25) is 0 Å². The maximum absolute atomic E-state index is 11.2. The van der Waals surface area contributed by atoms with Crippen LogP contribution in [0.15, 0.2) is 18.2 Å². The van der Waals surface area contributed by atoms with Gasteiger partial charge in [0.1, 0.15) is 5.69 Å². The summed E-state index contributed by atoms with van der Waals surface area (Å²) in [4.78, 5) is 12.9. The van der Waals surface area contributed by atoms with Crippen LogP contribution >= 0.6 is 11.6 Å². The molecule has 3 rings (SSSR count). The first kappa shape index (κ1) is 12.7. The highest BCUT2D eigenvalue weighted by Crippen LogP contribution is 2.35. The number of fused-ring (bicyclic) bond motifs is 1. The first-order valence-electron chi connectivity index (χ1n) is 6.57. The molecule has 2 saturated heterocycles. The third-order valence-electron chi connectivity index (χ3n) is 4.13. The maximum Gasteiger partial charge on any atom is 0.294 e. The second-order valence-corrected chi connectivity index (χ2v) is 5.67. The average molecular weight is 282 g/mol. The molecular weight excluding hydrogens is 266 g/mol. The number of nitrogens with zero attached hydrogens (tertiary/aromatic N) is 2. The van der Waals surface area contributed by atoms with Crippen molar-refractivity contribution in [3.63, 3.8) is 0 Å². The predicted octanol–water partition coefficient (Wildman–Crippen LogP) is 2.44. The molecule has 0 spiro atoms. The smallest absolute Gasteiger partial charge is 0.294 e. The molecule has 1 N–H and O–H groups in total. The summed E-state index contributed by atoms with van der Waals surface area (Å²) in [5.74, 6) is 0.601. The molecule has 2 fully saturated rings. The van der Waals surface area contributed by atoms with Crippen LogP contribution in [0.25, 0.3) is 0 Å². The van der Waals surface area contributed by atoms with Crippen molar-refractivity contribution in [3.05, 3.63) is 33.3 Å². The fourth-order valence-electron chi connectivity index (χ4n) is 3.18. The van der Waals surface area contributed by atoms with Crippen molar-refractivity contribution in [3.8, 4) is 0 Å². The Morgan fingerprint density at radius 1 is 1.42 bits per heavy atom. The highest BCUT2D eigenvalue weighted by Gasteiger charge is 2.34. The largest absolute Gasteiger partial charge is 0.366 e. The zero-order chi connectivity index (χ0) is 13.4. The van der Waals surface area contributed by atoms with E-state index in [0.717, 1.165) is 32.5 Å². The molecule has 1 aromatic rings. The summed E-state index contributed by atoms with van der Waals surface area (Å²) < 4.78 is 0. The highest BCUT2D eigenvalue weighted by atomic mass is 35.5. The van der Waals surface area contributed by atoms with Crippen molar-refractivity contribution >= 4 is 23.0 Å². The Bertz CT molecular complexity index is 509. The third kappa shape index (κ3) is 2.40. The molecule has 2 unspecified atom stereocenters. The zero-order valence-electron chi connectivity index (χ0n) is 10.5. The minimum atomic E-state index is -0.347. The molecule has 2 aliphatic heterocycles. The SMILES string of the molecule is O=[N+]([O-])c1cc(Cl)ccc1N1CCC2NCCC2C1. The van der Waals surface area contributed by atoms with Crippen LogP contribution in [0.3, 0.4) is 0 Å². The van der Waals surface area contributed by atoms with Gasteiger partial charge in [0, 0.05) is 30.2 Å². The van der Waals surface area contributed by atoms with Gasteiger partial charge in [-0.1, -0.05) is 11.6 Å². The normalized spacial score (nSPS) is 26.3. The van der Waals surface area contributed by atoms with E-state index in [1.165, 1.54) is 6.07 Å². The van der Waals surface area contributed by atoms with E-state index in [1.54, 1.807) is 12.1 Å². The minimum absolute atomic E-state index is 0.108. The molecule has 19 heavy (non-hydrogen) atoms. The van der Waals surface area contributed by atoms with E-state index in [4.69, 9.17) is 11.6 Å². The molecule has 6 heteroatoms. The van der Waals surface area contributed by atoms with Crippen molar-refractivity contribution < 1.29 is 4.92 Å². The molecule has 0 aliphatic carbocycles. The number of nitro groups is 1. The maximum atomic E-state index is 11.2. The monoisotopic (exact) mass is 281 g/mol. The van der Waals surface area contributed by atoms with Gasteiger partial charge in [0.25, 0.3) is 5.69 Å². The summed E-state index contributed by atoms with van der Waals surface area (Å²) >= 11 is 5.86. The Labute approximate surface area is 116 Å². The van der Waals surface area contributed by atoms with Crippen LogP contribution in [0.1, 0.15) is 12.8 Å². The third-order valence-corrected chi connectivity index (χ3v) is 4.37. The highest BCUT2D eigenvalue weighted by molar-refractivity contribution is 6.30. The number of nitrogens with one attached hydrogen (secondary N) is 1. The number of hydrogen-bond donors (Lipinski definition) is 1.